The van der Waals surface area contributed by atoms with Gasteiger partial charge in [-0.3, -0.25) is 0 Å². The summed E-state index contributed by atoms with van der Waals surface area (Å²) in [7, 11) is -2.39. The molecule has 9 nitrogen and oxygen atoms in total. The highest BCUT2D eigenvalue weighted by molar-refractivity contribution is 7.33. The average Bonchev–Trinajstić information content (AvgIpc) is 3.19. The molecule has 2 aromatic carbocycles. The topological polar surface area (TPSA) is 112 Å². The molecule has 0 radical (unpaired) electrons. The number of amides is 2. The Morgan fingerprint density at radius 2 is 0.821 bits per heavy atom. The van der Waals surface area contributed by atoms with Crippen LogP contribution in [0.25, 0.3) is 0 Å². The molecule has 0 aliphatic rings. The molecule has 2 aromatic rings. The van der Waals surface area contributed by atoms with E-state index in [1.807, 2.05) is 0 Å². The van der Waals surface area contributed by atoms with Crippen LogP contribution in [0.4, 0.5) is 9.59 Å². The van der Waals surface area contributed by atoms with Crippen molar-refractivity contribution in [2.24, 2.45) is 0 Å². The van der Waals surface area contributed by atoms with Crippen LogP contribution in [-0.4, -0.2) is 50.7 Å². The normalized spacial score (nSPS) is 12.5. The molecule has 0 saturated heterocycles. The van der Waals surface area contributed by atoms with Gasteiger partial charge in [0.15, 0.2) is 0 Å². The third-order valence-corrected chi connectivity index (χ3v) is 10.9. The Bertz CT molecular complexity index is 1190. The van der Waals surface area contributed by atoms with Crippen molar-refractivity contribution in [3.05, 3.63) is 70.8 Å². The minimum atomic E-state index is -2.39. The molecule has 0 fully saturated rings. The molecule has 56 heavy (non-hydrogen) atoms. The van der Waals surface area contributed by atoms with Gasteiger partial charge in [0.25, 0.3) is 0 Å². The van der Waals surface area contributed by atoms with Crippen molar-refractivity contribution in [2.75, 3.05) is 26.4 Å². The van der Waals surface area contributed by atoms with E-state index in [4.69, 9.17) is 18.5 Å². The highest BCUT2D eigenvalue weighted by Crippen LogP contribution is 2.25. The number of rotatable bonds is 34. The van der Waals surface area contributed by atoms with Gasteiger partial charge in [-0.1, -0.05) is 153 Å². The maximum Gasteiger partial charge on any atom is 0.697 e. The molecule has 316 valence electrons. The van der Waals surface area contributed by atoms with Crippen LogP contribution in [0.2, 0.25) is 0 Å². The number of hydrogen-bond donors (Lipinski definition) is 2. The van der Waals surface area contributed by atoms with E-state index < -0.39 is 20.4 Å². The van der Waals surface area contributed by atoms with E-state index in [0.717, 1.165) is 49.7 Å². The molecule has 0 saturated carbocycles. The van der Waals surface area contributed by atoms with E-state index >= 15 is 0 Å². The molecule has 0 aliphatic heterocycles. The molecule has 0 bridgehead atoms. The van der Waals surface area contributed by atoms with Gasteiger partial charge in [-0.05, 0) is 86.5 Å². The molecule has 10 heteroatoms. The Hall–Kier alpha value is -3.00. The summed E-state index contributed by atoms with van der Waals surface area (Å²) in [6.07, 6.45) is 22.1. The Labute approximate surface area is 341 Å². The van der Waals surface area contributed by atoms with Crippen LogP contribution >= 0.6 is 8.25 Å². The van der Waals surface area contributed by atoms with Crippen molar-refractivity contribution in [3.63, 3.8) is 0 Å². The van der Waals surface area contributed by atoms with Gasteiger partial charge in [0.05, 0.1) is 13.2 Å². The number of aryl methyl sites for hydroxylation is 2. The highest BCUT2D eigenvalue weighted by Gasteiger charge is 2.24. The van der Waals surface area contributed by atoms with E-state index in [1.165, 1.54) is 88.2 Å². The molecule has 0 spiro atoms. The van der Waals surface area contributed by atoms with Gasteiger partial charge in [-0.2, -0.15) is 0 Å². The van der Waals surface area contributed by atoms with Crippen molar-refractivity contribution >= 4 is 20.4 Å². The molecule has 0 heterocycles. The third kappa shape index (κ3) is 25.3. The van der Waals surface area contributed by atoms with Crippen LogP contribution in [0.3, 0.4) is 0 Å². The largest absolute Gasteiger partial charge is 0.697 e. The number of ether oxygens (including phenoxy) is 2. The molecular weight excluding hydrogens is 723 g/mol. The minimum Gasteiger partial charge on any atom is -0.450 e. The fraction of sp³-hybridized carbons (Fsp3) is 0.696. The molecule has 2 N–H and O–H groups in total. The second kappa shape index (κ2) is 33.0. The Kier molecular flexibility index (Phi) is 29.0. The van der Waals surface area contributed by atoms with Crippen LogP contribution in [0.1, 0.15) is 166 Å². The van der Waals surface area contributed by atoms with Gasteiger partial charge in [0.2, 0.25) is 0 Å². The van der Waals surface area contributed by atoms with Gasteiger partial charge in [-0.25, -0.2) is 9.59 Å². The number of benzene rings is 2. The fourth-order valence-electron chi connectivity index (χ4n) is 6.53. The maximum atomic E-state index is 12.8. The summed E-state index contributed by atoms with van der Waals surface area (Å²) in [6, 6.07) is 16.7. The number of carbonyl (C=O) groups excluding carboxylic acids is 2. The summed E-state index contributed by atoms with van der Waals surface area (Å²) in [5.41, 5.74) is 4.87. The van der Waals surface area contributed by atoms with Gasteiger partial charge < -0.3 is 20.1 Å². The first-order chi connectivity index (χ1) is 27.4. The number of alkyl carbamates (subject to hydrolysis) is 2. The summed E-state index contributed by atoms with van der Waals surface area (Å²) in [6.45, 7) is 9.61. The zero-order chi connectivity index (χ0) is 40.5. The maximum absolute atomic E-state index is 12.8. The first-order valence-electron chi connectivity index (χ1n) is 22.1. The average molecular weight is 800 g/mol. The Morgan fingerprint density at radius 1 is 0.482 bits per heavy atom. The summed E-state index contributed by atoms with van der Waals surface area (Å²) in [5.74, 6) is 0. The third-order valence-electron chi connectivity index (χ3n) is 10.1. The summed E-state index contributed by atoms with van der Waals surface area (Å²) < 4.78 is 34.7. The fourth-order valence-corrected chi connectivity index (χ4v) is 7.12. The second-order valence-corrected chi connectivity index (χ2v) is 16.2. The lowest BCUT2D eigenvalue weighted by Crippen LogP contribution is -2.38. The molecule has 0 aromatic heterocycles. The minimum absolute atomic E-state index is 0.141. The van der Waals surface area contributed by atoms with Crippen molar-refractivity contribution in [2.45, 2.75) is 181 Å². The molecule has 2 rings (SSSR count). The zero-order valence-electron chi connectivity index (χ0n) is 35.5. The first-order valence-corrected chi connectivity index (χ1v) is 23.2. The van der Waals surface area contributed by atoms with Gasteiger partial charge in [0.1, 0.15) is 13.2 Å². The number of nitrogens with one attached hydrogen (secondary N) is 2. The van der Waals surface area contributed by atoms with Crippen LogP contribution in [0, 0.1) is 0 Å². The summed E-state index contributed by atoms with van der Waals surface area (Å²) in [4.78, 5) is 25.1. The van der Waals surface area contributed by atoms with Crippen LogP contribution < -0.4 is 10.6 Å². The zero-order valence-corrected chi connectivity index (χ0v) is 36.4. The first kappa shape index (κ1) is 49.1. The molecular formula is C46H76N2O7P+. The SMILES string of the molecule is CCCCCCCCc1ccc(CC(CCO[P+](=O)OCCC(Cc2ccc(CCCCCCCC)cc2)NC(=O)OCCCC)NC(=O)OCCCC)cc1. The van der Waals surface area contributed by atoms with Gasteiger partial charge in [-0.15, -0.1) is 9.05 Å². The lowest BCUT2D eigenvalue weighted by atomic mass is 10.00. The van der Waals surface area contributed by atoms with E-state index in [0.29, 0.717) is 38.9 Å². The van der Waals surface area contributed by atoms with E-state index in [1.54, 1.807) is 0 Å². The molecule has 2 amide bonds. The summed E-state index contributed by atoms with van der Waals surface area (Å²) in [5, 5.41) is 5.97. The standard InChI is InChI=1S/C46H75N2O7P/c1-5-9-13-15-17-19-21-39-23-27-41(28-24-39)37-43(47-45(49)52-33-11-7-3)31-35-54-56(51)55-36-32-44(48-46(50)53-34-12-8-4)38-42-29-25-40(26-30-42)22-20-18-16-14-10-6-2/h23-30,43-44H,5-22,31-38H2,1-4H3,(H-,47,48,49,50)/p+1. The second-order valence-electron chi connectivity index (χ2n) is 15.2. The number of unbranched alkanes of at least 4 members (excludes halogenated alkanes) is 12. The lowest BCUT2D eigenvalue weighted by molar-refractivity contribution is 0.138. The van der Waals surface area contributed by atoms with Crippen molar-refractivity contribution in [1.29, 1.82) is 0 Å². The van der Waals surface area contributed by atoms with Crippen LogP contribution in [0.15, 0.2) is 48.5 Å². The van der Waals surface area contributed by atoms with Crippen LogP contribution in [0.5, 0.6) is 0 Å². The van der Waals surface area contributed by atoms with E-state index in [-0.39, 0.29) is 25.3 Å². The predicted molar refractivity (Wildman–Crippen MR) is 230 cm³/mol. The van der Waals surface area contributed by atoms with Crippen molar-refractivity contribution in [1.82, 2.24) is 10.6 Å². The van der Waals surface area contributed by atoms with Crippen LogP contribution in [-0.2, 0) is 48.8 Å². The highest BCUT2D eigenvalue weighted by atomic mass is 31.1. The van der Waals surface area contributed by atoms with E-state index in [9.17, 15) is 14.2 Å². The van der Waals surface area contributed by atoms with Crippen molar-refractivity contribution in [3.8, 4) is 0 Å². The molecule has 0 aliphatic carbocycles. The number of carbonyl (C=O) groups is 2. The van der Waals surface area contributed by atoms with Crippen molar-refractivity contribution < 1.29 is 32.7 Å². The Balaban J connectivity index is 1.88. The summed E-state index contributed by atoms with van der Waals surface area (Å²) >= 11 is 0. The lowest BCUT2D eigenvalue weighted by Gasteiger charge is -2.18. The Morgan fingerprint density at radius 3 is 1.20 bits per heavy atom. The monoisotopic (exact) mass is 800 g/mol. The van der Waals surface area contributed by atoms with Gasteiger partial charge >= 0.3 is 20.4 Å². The van der Waals surface area contributed by atoms with E-state index in [2.05, 4.69) is 86.9 Å². The quantitative estimate of drug-likeness (QED) is 0.0535. The number of hydrogen-bond acceptors (Lipinski definition) is 7. The molecule has 2 unspecified atom stereocenters. The molecule has 2 atom stereocenters. The van der Waals surface area contributed by atoms with Gasteiger partial charge in [0, 0.05) is 16.6 Å². The smallest absolute Gasteiger partial charge is 0.450 e. The predicted octanol–water partition coefficient (Wildman–Crippen LogP) is 12.5.